The van der Waals surface area contributed by atoms with Gasteiger partial charge in [0.2, 0.25) is 0 Å². The Hall–Kier alpha value is -0.280. The molecule has 9 heavy (non-hydrogen) atoms. The van der Waals surface area contributed by atoms with E-state index in [9.17, 15) is 0 Å². The Bertz CT molecular complexity index is 222. The number of thiol groups is 2. The number of rotatable bonds is 0. The lowest BCUT2D eigenvalue weighted by atomic mass is 10.3. The molecule has 0 radical (unpaired) electrons. The van der Waals surface area contributed by atoms with Crippen molar-refractivity contribution in [1.82, 2.24) is 0 Å². The van der Waals surface area contributed by atoms with Crippen molar-refractivity contribution >= 4 is 30.9 Å². The molecule has 3 heteroatoms. The molecule has 1 rings (SSSR count). The van der Waals surface area contributed by atoms with Gasteiger partial charge in [-0.15, -0.1) is 25.3 Å². The van der Waals surface area contributed by atoms with E-state index in [-0.39, 0.29) is 0 Å². The molecule has 0 atom stereocenters. The Morgan fingerprint density at radius 1 is 1.22 bits per heavy atom. The SMILES string of the molecule is Nc1ccc(S)cc1S. The van der Waals surface area contributed by atoms with Crippen molar-refractivity contribution in [1.29, 1.82) is 0 Å². The van der Waals surface area contributed by atoms with Crippen LogP contribution in [-0.2, 0) is 0 Å². The molecule has 2 N–H and O–H groups in total. The molecule has 0 saturated carbocycles. The maximum absolute atomic E-state index is 5.48. The zero-order valence-electron chi connectivity index (χ0n) is 4.70. The van der Waals surface area contributed by atoms with Gasteiger partial charge in [0.25, 0.3) is 0 Å². The zero-order chi connectivity index (χ0) is 6.85. The van der Waals surface area contributed by atoms with Crippen molar-refractivity contribution in [3.8, 4) is 0 Å². The van der Waals surface area contributed by atoms with Crippen LogP contribution in [0.25, 0.3) is 0 Å². The molecule has 0 aliphatic carbocycles. The van der Waals surface area contributed by atoms with Crippen LogP contribution in [0.15, 0.2) is 28.0 Å². The molecule has 1 nitrogen and oxygen atoms in total. The average Bonchev–Trinajstić information content (AvgIpc) is 1.80. The van der Waals surface area contributed by atoms with Gasteiger partial charge in [0.15, 0.2) is 0 Å². The molecule has 1 aromatic carbocycles. The van der Waals surface area contributed by atoms with Crippen molar-refractivity contribution in [2.24, 2.45) is 0 Å². The van der Waals surface area contributed by atoms with Crippen LogP contribution in [0.5, 0.6) is 0 Å². The second-order valence-electron chi connectivity index (χ2n) is 1.74. The molecule has 0 aliphatic heterocycles. The number of nitrogen functional groups attached to an aromatic ring is 1. The van der Waals surface area contributed by atoms with Crippen LogP contribution >= 0.6 is 25.3 Å². The molecule has 0 heterocycles. The van der Waals surface area contributed by atoms with E-state index in [1.807, 2.05) is 12.1 Å². The van der Waals surface area contributed by atoms with Crippen LogP contribution in [0.3, 0.4) is 0 Å². The van der Waals surface area contributed by atoms with E-state index in [4.69, 9.17) is 5.73 Å². The van der Waals surface area contributed by atoms with E-state index in [1.165, 1.54) is 0 Å². The van der Waals surface area contributed by atoms with E-state index in [2.05, 4.69) is 25.3 Å². The van der Waals surface area contributed by atoms with Crippen molar-refractivity contribution in [2.75, 3.05) is 5.73 Å². The maximum atomic E-state index is 5.48. The first-order valence-electron chi connectivity index (χ1n) is 2.47. The normalized spacial score (nSPS) is 9.56. The van der Waals surface area contributed by atoms with Crippen LogP contribution < -0.4 is 5.73 Å². The minimum atomic E-state index is 0.691. The largest absolute Gasteiger partial charge is 0.398 e. The summed E-state index contributed by atoms with van der Waals surface area (Å²) in [5, 5.41) is 0. The highest BCUT2D eigenvalue weighted by Gasteiger charge is 1.91. The molecule has 0 aliphatic rings. The van der Waals surface area contributed by atoms with Gasteiger partial charge >= 0.3 is 0 Å². The van der Waals surface area contributed by atoms with Crippen LogP contribution in [0.4, 0.5) is 5.69 Å². The molecule has 0 bridgehead atoms. The second-order valence-corrected chi connectivity index (χ2v) is 2.74. The van der Waals surface area contributed by atoms with Crippen molar-refractivity contribution in [2.45, 2.75) is 9.79 Å². The Labute approximate surface area is 65.1 Å². The number of hydrogen-bond donors (Lipinski definition) is 3. The Morgan fingerprint density at radius 2 is 1.89 bits per heavy atom. The highest BCUT2D eigenvalue weighted by Crippen LogP contribution is 2.19. The lowest BCUT2D eigenvalue weighted by molar-refractivity contribution is 1.35. The van der Waals surface area contributed by atoms with Crippen LogP contribution in [-0.4, -0.2) is 0 Å². The molecule has 0 saturated heterocycles. The smallest absolute Gasteiger partial charge is 0.0450 e. The Kier molecular flexibility index (Phi) is 1.93. The van der Waals surface area contributed by atoms with Gasteiger partial charge in [0, 0.05) is 15.5 Å². The van der Waals surface area contributed by atoms with Crippen LogP contribution in [0.1, 0.15) is 0 Å². The summed E-state index contributed by atoms with van der Waals surface area (Å²) >= 11 is 8.19. The van der Waals surface area contributed by atoms with Gasteiger partial charge in [0.05, 0.1) is 0 Å². The van der Waals surface area contributed by atoms with Gasteiger partial charge in [-0.05, 0) is 18.2 Å². The van der Waals surface area contributed by atoms with E-state index in [0.717, 1.165) is 9.79 Å². The van der Waals surface area contributed by atoms with Crippen LogP contribution in [0, 0.1) is 0 Å². The standard InChI is InChI=1S/C6H7NS2/c7-5-2-1-4(8)3-6(5)9/h1-3,8-9H,7H2. The fourth-order valence-electron chi connectivity index (χ4n) is 0.532. The van der Waals surface area contributed by atoms with E-state index < -0.39 is 0 Å². The highest BCUT2D eigenvalue weighted by molar-refractivity contribution is 7.81. The van der Waals surface area contributed by atoms with Crippen molar-refractivity contribution in [3.05, 3.63) is 18.2 Å². The quantitative estimate of drug-likeness (QED) is 0.389. The minimum absolute atomic E-state index is 0.691. The predicted molar refractivity (Wildman–Crippen MR) is 45.4 cm³/mol. The topological polar surface area (TPSA) is 26.0 Å². The van der Waals surface area contributed by atoms with Gasteiger partial charge in [-0.1, -0.05) is 0 Å². The summed E-state index contributed by atoms with van der Waals surface area (Å²) in [6.45, 7) is 0. The first kappa shape index (κ1) is 6.83. The van der Waals surface area contributed by atoms with Gasteiger partial charge in [0.1, 0.15) is 0 Å². The first-order valence-corrected chi connectivity index (χ1v) is 3.37. The first-order chi connectivity index (χ1) is 4.20. The third-order valence-corrected chi connectivity index (χ3v) is 1.68. The van der Waals surface area contributed by atoms with Gasteiger partial charge < -0.3 is 5.73 Å². The third-order valence-electron chi connectivity index (χ3n) is 1.01. The minimum Gasteiger partial charge on any atom is -0.398 e. The van der Waals surface area contributed by atoms with Crippen molar-refractivity contribution < 1.29 is 0 Å². The molecule has 0 fully saturated rings. The van der Waals surface area contributed by atoms with E-state index >= 15 is 0 Å². The monoisotopic (exact) mass is 157 g/mol. The van der Waals surface area contributed by atoms with Gasteiger partial charge in [-0.3, -0.25) is 0 Å². The molecular formula is C6H7NS2. The lowest BCUT2D eigenvalue weighted by Gasteiger charge is -1.96. The summed E-state index contributed by atoms with van der Waals surface area (Å²) in [4.78, 5) is 1.66. The predicted octanol–water partition coefficient (Wildman–Crippen LogP) is 1.85. The van der Waals surface area contributed by atoms with Gasteiger partial charge in [-0.2, -0.15) is 0 Å². The fraction of sp³-hybridized carbons (Fsp3) is 0. The highest BCUT2D eigenvalue weighted by atomic mass is 32.1. The Balaban J connectivity index is 3.17. The molecule has 48 valence electrons. The number of benzene rings is 1. The zero-order valence-corrected chi connectivity index (χ0v) is 6.49. The lowest BCUT2D eigenvalue weighted by Crippen LogP contribution is -1.84. The summed E-state index contributed by atoms with van der Waals surface area (Å²) < 4.78 is 0. The molecule has 0 amide bonds. The second kappa shape index (κ2) is 2.54. The number of hydrogen-bond acceptors (Lipinski definition) is 3. The van der Waals surface area contributed by atoms with Crippen LogP contribution in [0.2, 0.25) is 0 Å². The average molecular weight is 157 g/mol. The molecule has 0 aromatic heterocycles. The summed E-state index contributed by atoms with van der Waals surface area (Å²) in [7, 11) is 0. The summed E-state index contributed by atoms with van der Waals surface area (Å²) in [6.07, 6.45) is 0. The molecule has 1 aromatic rings. The Morgan fingerprint density at radius 3 is 2.33 bits per heavy atom. The molecule has 0 unspecified atom stereocenters. The van der Waals surface area contributed by atoms with E-state index in [1.54, 1.807) is 6.07 Å². The van der Waals surface area contributed by atoms with Gasteiger partial charge in [-0.25, -0.2) is 0 Å². The number of anilines is 1. The fourth-order valence-corrected chi connectivity index (χ4v) is 1.05. The summed E-state index contributed by atoms with van der Waals surface area (Å²) in [5.74, 6) is 0. The van der Waals surface area contributed by atoms with E-state index in [0.29, 0.717) is 5.69 Å². The third kappa shape index (κ3) is 1.56. The molecule has 0 spiro atoms. The van der Waals surface area contributed by atoms with Crippen molar-refractivity contribution in [3.63, 3.8) is 0 Å². The maximum Gasteiger partial charge on any atom is 0.0450 e. The molecular weight excluding hydrogens is 150 g/mol. The summed E-state index contributed by atoms with van der Waals surface area (Å²) in [6, 6.07) is 5.42. The number of nitrogens with two attached hydrogens (primary N) is 1. The summed E-state index contributed by atoms with van der Waals surface area (Å²) in [5.41, 5.74) is 6.17.